The molecule has 1 aromatic heterocycles. The fraction of sp³-hybridized carbons (Fsp3) is 0.500. The van der Waals surface area contributed by atoms with Gasteiger partial charge in [-0.15, -0.1) is 0 Å². The summed E-state index contributed by atoms with van der Waals surface area (Å²) < 4.78 is 48.2. The number of aromatic amines is 1. The number of H-pyrrole nitrogens is 1. The highest BCUT2D eigenvalue weighted by Gasteiger charge is 2.51. The minimum atomic E-state index is -3.13. The first-order valence-electron chi connectivity index (χ1n) is 13.0. The van der Waals surface area contributed by atoms with Crippen molar-refractivity contribution >= 4 is 22.8 Å². The number of alkyl halides is 2. The molecule has 1 fully saturated rings. The van der Waals surface area contributed by atoms with E-state index in [2.05, 4.69) is 10.3 Å². The summed E-state index contributed by atoms with van der Waals surface area (Å²) >= 11 is 0. The van der Waals surface area contributed by atoms with Crippen LogP contribution in [0.3, 0.4) is 0 Å². The highest BCUT2D eigenvalue weighted by atomic mass is 19.3. The van der Waals surface area contributed by atoms with E-state index < -0.39 is 29.6 Å². The topological polar surface area (TPSA) is 97.8 Å². The van der Waals surface area contributed by atoms with E-state index in [1.807, 2.05) is 36.4 Å². The van der Waals surface area contributed by atoms with Crippen molar-refractivity contribution in [2.45, 2.75) is 51.9 Å². The largest absolute Gasteiger partial charge is 0.489 e. The molecular weight excluding hydrogens is 510 g/mol. The van der Waals surface area contributed by atoms with Crippen molar-refractivity contribution in [3.8, 4) is 5.75 Å². The molecule has 2 heterocycles. The molecule has 212 valence electrons. The number of carbonyl (C=O) groups excluding carboxylic acids is 1. The Hall–Kier alpha value is -3.60. The number of anilines is 1. The zero-order valence-corrected chi connectivity index (χ0v) is 22.9. The van der Waals surface area contributed by atoms with Crippen LogP contribution in [0.2, 0.25) is 0 Å². The van der Waals surface area contributed by atoms with Crippen LogP contribution in [-0.2, 0) is 23.1 Å². The summed E-state index contributed by atoms with van der Waals surface area (Å²) in [6.07, 6.45) is -2.15. The first-order valence-corrected chi connectivity index (χ1v) is 13.0. The number of aryl methyl sites for hydroxylation is 1. The van der Waals surface area contributed by atoms with E-state index in [0.29, 0.717) is 23.3 Å². The fourth-order valence-electron chi connectivity index (χ4n) is 4.51. The molecule has 1 amide bonds. The monoisotopic (exact) mass is 546 g/mol. The minimum Gasteiger partial charge on any atom is -0.489 e. The molecule has 2 atom stereocenters. The summed E-state index contributed by atoms with van der Waals surface area (Å²) in [6.45, 7) is 6.53. The van der Waals surface area contributed by atoms with Gasteiger partial charge in [0.1, 0.15) is 29.6 Å². The normalized spacial score (nSPS) is 19.2. The predicted octanol–water partition coefficient (Wildman–Crippen LogP) is 4.76. The van der Waals surface area contributed by atoms with Gasteiger partial charge in [-0.25, -0.2) is 18.4 Å². The molecule has 4 rings (SSSR count). The molecule has 0 aliphatic carbocycles. The molecule has 0 saturated carbocycles. The molecule has 1 saturated heterocycles. The van der Waals surface area contributed by atoms with Crippen molar-refractivity contribution in [2.24, 2.45) is 13.0 Å². The summed E-state index contributed by atoms with van der Waals surface area (Å²) in [5.41, 5.74) is 1.90. The molecule has 11 heteroatoms. The van der Waals surface area contributed by atoms with Gasteiger partial charge in [-0.2, -0.15) is 0 Å². The van der Waals surface area contributed by atoms with Gasteiger partial charge >= 0.3 is 11.8 Å². The van der Waals surface area contributed by atoms with E-state index >= 15 is 0 Å². The zero-order chi connectivity index (χ0) is 28.4. The lowest BCUT2D eigenvalue weighted by atomic mass is 9.93. The predicted molar refractivity (Wildman–Crippen MR) is 144 cm³/mol. The Bertz CT molecular complexity index is 1350. The quantitative estimate of drug-likeness (QED) is 0.395. The van der Waals surface area contributed by atoms with Crippen LogP contribution >= 0.6 is 0 Å². The van der Waals surface area contributed by atoms with Crippen molar-refractivity contribution < 1.29 is 27.8 Å². The maximum atomic E-state index is 14.9. The Kier molecular flexibility index (Phi) is 8.20. The number of carbonyl (C=O) groups is 1. The van der Waals surface area contributed by atoms with Crippen molar-refractivity contribution in [1.29, 1.82) is 0 Å². The van der Waals surface area contributed by atoms with Crippen LogP contribution < -0.4 is 15.7 Å². The smallest absolute Gasteiger partial charge is 0.410 e. The Balaban J connectivity index is 1.43. The third kappa shape index (κ3) is 6.70. The standard InChI is InChI=1S/C28H36F2N4O5/c1-18-16-34(26(36)39-27(2,3)4)17-23(28(18,29)30)38-12-11-37-22-14-20(31-15-19-9-7-6-8-10-19)13-21-24(22)33(5)25(35)32-21/h6-10,13-14,18,23,31H,11-12,15-17H2,1-5H3,(H,32,35)/t18-,23+/m1/s1. The third-order valence-corrected chi connectivity index (χ3v) is 6.57. The van der Waals surface area contributed by atoms with E-state index in [0.717, 1.165) is 11.3 Å². The molecule has 2 N–H and O–H groups in total. The van der Waals surface area contributed by atoms with Crippen molar-refractivity contribution in [2.75, 3.05) is 31.6 Å². The molecule has 39 heavy (non-hydrogen) atoms. The van der Waals surface area contributed by atoms with Gasteiger partial charge in [-0.05, 0) is 32.4 Å². The molecule has 2 aromatic carbocycles. The molecule has 0 bridgehead atoms. The maximum absolute atomic E-state index is 14.9. The molecule has 1 aliphatic heterocycles. The van der Waals surface area contributed by atoms with Crippen LogP contribution in [0.1, 0.15) is 33.3 Å². The van der Waals surface area contributed by atoms with Gasteiger partial charge in [0.25, 0.3) is 5.92 Å². The third-order valence-electron chi connectivity index (χ3n) is 6.57. The molecule has 0 unspecified atom stereocenters. The number of aromatic nitrogens is 2. The van der Waals surface area contributed by atoms with Crippen molar-refractivity contribution in [1.82, 2.24) is 14.5 Å². The van der Waals surface area contributed by atoms with Crippen molar-refractivity contribution in [3.05, 3.63) is 58.5 Å². The minimum absolute atomic E-state index is 0.0377. The Morgan fingerprint density at radius 1 is 1.15 bits per heavy atom. The fourth-order valence-corrected chi connectivity index (χ4v) is 4.51. The maximum Gasteiger partial charge on any atom is 0.410 e. The Morgan fingerprint density at radius 3 is 2.56 bits per heavy atom. The second kappa shape index (κ2) is 11.3. The first kappa shape index (κ1) is 28.4. The second-order valence-corrected chi connectivity index (χ2v) is 10.9. The number of halogens is 2. The summed E-state index contributed by atoms with van der Waals surface area (Å²) in [4.78, 5) is 28.8. The van der Waals surface area contributed by atoms with Gasteiger partial charge in [-0.3, -0.25) is 4.57 Å². The molecule has 3 aromatic rings. The summed E-state index contributed by atoms with van der Waals surface area (Å²) in [5.74, 6) is -3.82. The molecule has 0 spiro atoms. The number of nitrogens with zero attached hydrogens (tertiary/aromatic N) is 2. The van der Waals surface area contributed by atoms with E-state index in [1.165, 1.54) is 16.4 Å². The number of nitrogens with one attached hydrogen (secondary N) is 2. The van der Waals surface area contributed by atoms with E-state index in [-0.39, 0.29) is 32.0 Å². The number of ether oxygens (including phenoxy) is 3. The Labute approximate surface area is 226 Å². The van der Waals surface area contributed by atoms with Gasteiger partial charge in [0.15, 0.2) is 0 Å². The van der Waals surface area contributed by atoms with Gasteiger partial charge in [0.05, 0.1) is 18.7 Å². The molecule has 1 aliphatic rings. The van der Waals surface area contributed by atoms with Crippen LogP contribution in [0.5, 0.6) is 5.75 Å². The number of rotatable bonds is 8. The molecular formula is C28H36F2N4O5. The van der Waals surface area contributed by atoms with Crippen molar-refractivity contribution in [3.63, 3.8) is 0 Å². The average Bonchev–Trinajstić information content (AvgIpc) is 3.15. The van der Waals surface area contributed by atoms with Gasteiger partial charge < -0.3 is 29.4 Å². The lowest BCUT2D eigenvalue weighted by Gasteiger charge is -2.42. The summed E-state index contributed by atoms with van der Waals surface area (Å²) in [7, 11) is 1.62. The van der Waals surface area contributed by atoms with Gasteiger partial charge in [0.2, 0.25) is 0 Å². The summed E-state index contributed by atoms with van der Waals surface area (Å²) in [6, 6.07) is 13.4. The van der Waals surface area contributed by atoms with Crippen LogP contribution in [0.25, 0.3) is 11.0 Å². The van der Waals surface area contributed by atoms with Crippen LogP contribution in [0.15, 0.2) is 47.3 Å². The lowest BCUT2D eigenvalue weighted by molar-refractivity contribution is -0.197. The number of hydrogen-bond donors (Lipinski definition) is 2. The van der Waals surface area contributed by atoms with Crippen LogP contribution in [-0.4, -0.2) is 64.5 Å². The number of imidazole rings is 1. The van der Waals surface area contributed by atoms with Gasteiger partial charge in [-0.1, -0.05) is 37.3 Å². The Morgan fingerprint density at radius 2 is 1.87 bits per heavy atom. The van der Waals surface area contributed by atoms with E-state index in [4.69, 9.17) is 14.2 Å². The van der Waals surface area contributed by atoms with Crippen LogP contribution in [0.4, 0.5) is 19.3 Å². The van der Waals surface area contributed by atoms with Gasteiger partial charge in [0, 0.05) is 37.8 Å². The SMILES string of the molecule is C[C@@H]1CN(C(=O)OC(C)(C)C)C[C@H](OCCOc2cc(NCc3ccccc3)cc3[nH]c(=O)n(C)c23)C1(F)F. The first-order chi connectivity index (χ1) is 18.3. The zero-order valence-electron chi connectivity index (χ0n) is 22.9. The second-order valence-electron chi connectivity index (χ2n) is 10.9. The average molecular weight is 547 g/mol. The number of benzene rings is 2. The highest BCUT2D eigenvalue weighted by molar-refractivity contribution is 5.86. The summed E-state index contributed by atoms with van der Waals surface area (Å²) in [5, 5.41) is 3.32. The highest BCUT2D eigenvalue weighted by Crippen LogP contribution is 2.36. The number of hydrogen-bond acceptors (Lipinski definition) is 6. The number of amides is 1. The van der Waals surface area contributed by atoms with E-state index in [1.54, 1.807) is 33.9 Å². The van der Waals surface area contributed by atoms with E-state index in [9.17, 15) is 18.4 Å². The number of fused-ring (bicyclic) bond motifs is 1. The van der Waals surface area contributed by atoms with Crippen LogP contribution in [0, 0.1) is 5.92 Å². The number of likely N-dealkylation sites (tertiary alicyclic amines) is 1. The molecule has 0 radical (unpaired) electrons. The lowest BCUT2D eigenvalue weighted by Crippen LogP contribution is -2.59. The molecule has 9 nitrogen and oxygen atoms in total. The number of piperidine rings is 1.